The number of nitrogens with one attached hydrogen (secondary N) is 3. The summed E-state index contributed by atoms with van der Waals surface area (Å²) in [7, 11) is 0. The molecule has 5 aliphatic heterocycles. The molecule has 8 fully saturated rings. The van der Waals surface area contributed by atoms with E-state index < -0.39 is 6.04 Å². The summed E-state index contributed by atoms with van der Waals surface area (Å²) in [6.07, 6.45) is 24.8. The quantitative estimate of drug-likeness (QED) is 0.180. The van der Waals surface area contributed by atoms with Gasteiger partial charge in [-0.15, -0.1) is 0 Å². The van der Waals surface area contributed by atoms with Crippen LogP contribution in [0.5, 0.6) is 0 Å². The minimum Gasteiger partial charge on any atom is -0.393 e. The minimum atomic E-state index is -0.507. The molecule has 54 heavy (non-hydrogen) atoms. The molecule has 4 N–H and O–H groups in total. The summed E-state index contributed by atoms with van der Waals surface area (Å²) in [5.74, 6) is 2.58. The van der Waals surface area contributed by atoms with Gasteiger partial charge in [0.25, 0.3) is 0 Å². The number of rotatable bonds is 10. The maximum Gasteiger partial charge on any atom is 0.249 e. The third-order valence-corrected chi connectivity index (χ3v) is 15.9. The molecule has 3 aliphatic carbocycles. The predicted molar refractivity (Wildman–Crippen MR) is 211 cm³/mol. The average molecular weight is 749 g/mol. The van der Waals surface area contributed by atoms with Crippen molar-refractivity contribution in [1.82, 2.24) is 30.7 Å². The second kappa shape index (κ2) is 17.7. The fourth-order valence-corrected chi connectivity index (χ4v) is 12.8. The molecule has 10 nitrogen and oxygen atoms in total. The Hall–Kier alpha value is -1.85. The molecule has 8 aliphatic rings. The van der Waals surface area contributed by atoms with Crippen molar-refractivity contribution in [2.75, 3.05) is 39.3 Å². The van der Waals surface area contributed by atoms with Gasteiger partial charge in [-0.1, -0.05) is 37.3 Å². The number of aliphatic hydroxyl groups excluding tert-OH is 1. The number of fused-ring (bicyclic) bond motifs is 1. The second-order valence-corrected chi connectivity index (χ2v) is 19.0. The van der Waals surface area contributed by atoms with Crippen molar-refractivity contribution in [3.63, 3.8) is 0 Å². The molecule has 0 aromatic carbocycles. The van der Waals surface area contributed by atoms with Gasteiger partial charge in [0.2, 0.25) is 17.7 Å². The van der Waals surface area contributed by atoms with Crippen LogP contribution < -0.4 is 16.0 Å². The van der Waals surface area contributed by atoms with Crippen molar-refractivity contribution in [3.8, 4) is 0 Å². The largest absolute Gasteiger partial charge is 0.393 e. The fraction of sp³-hybridized carbons (Fsp3) is 0.886. The summed E-state index contributed by atoms with van der Waals surface area (Å²) < 4.78 is 0. The molecule has 5 unspecified atom stereocenters. The van der Waals surface area contributed by atoms with Crippen molar-refractivity contribution in [3.05, 3.63) is 11.1 Å². The highest BCUT2D eigenvalue weighted by Gasteiger charge is 2.49. The van der Waals surface area contributed by atoms with E-state index in [1.807, 2.05) is 11.1 Å². The van der Waals surface area contributed by atoms with Gasteiger partial charge >= 0.3 is 0 Å². The minimum absolute atomic E-state index is 0.0593. The normalized spacial score (nSPS) is 38.7. The SMILES string of the molecule is CC/C(=C(\C1CCC(O)CC1)C1CCC(N2CCC(CNC3CCN(C4CCC5C(=O)N(C6CCC(=O)NC6=O)CC5N4)C3)CC2)CC1)C1CCCCC1. The molecule has 0 aromatic rings. The molecule has 0 spiro atoms. The Morgan fingerprint density at radius 1 is 0.741 bits per heavy atom. The number of piperidine rings is 3. The molecule has 302 valence electrons. The summed E-state index contributed by atoms with van der Waals surface area (Å²) in [6, 6.07) is 0.863. The van der Waals surface area contributed by atoms with Gasteiger partial charge < -0.3 is 20.2 Å². The van der Waals surface area contributed by atoms with Crippen LogP contribution in [0.15, 0.2) is 11.1 Å². The number of likely N-dealkylation sites (tertiary alicyclic amines) is 3. The van der Waals surface area contributed by atoms with Crippen molar-refractivity contribution >= 4 is 17.7 Å². The van der Waals surface area contributed by atoms with E-state index in [0.717, 1.165) is 75.0 Å². The van der Waals surface area contributed by atoms with Crippen LogP contribution in [0, 0.1) is 29.6 Å². The van der Waals surface area contributed by atoms with Crippen LogP contribution in [-0.2, 0) is 14.4 Å². The Balaban J connectivity index is 0.765. The zero-order valence-electron chi connectivity index (χ0n) is 33.5. The topological polar surface area (TPSA) is 117 Å². The molecule has 0 aromatic heterocycles. The molecule has 3 amide bonds. The van der Waals surface area contributed by atoms with Gasteiger partial charge in [0.05, 0.1) is 18.2 Å². The van der Waals surface area contributed by atoms with Crippen LogP contribution in [0.4, 0.5) is 0 Å². The summed E-state index contributed by atoms with van der Waals surface area (Å²) in [6.45, 7) is 8.78. The highest BCUT2D eigenvalue weighted by atomic mass is 16.3. The number of carbonyl (C=O) groups excluding carboxylic acids is 3. The molecule has 10 heteroatoms. The lowest BCUT2D eigenvalue weighted by Crippen LogP contribution is -2.56. The standard InChI is InChI=1S/C44H72N6O4/c1-2-36(30-6-4-3-5-7-30)42(32-10-14-35(51)15-11-32)31-8-12-34(13-9-31)48-23-20-29(21-24-48)26-45-33-22-25-49(27-33)40-18-16-37-38(46-40)28-50(44(37)54)39-17-19-41(52)47-43(39)53/h29-35,37-40,45-46,51H,2-28H2,1H3,(H,47,52,53)/b42-36+. The van der Waals surface area contributed by atoms with Crippen molar-refractivity contribution in [2.45, 2.75) is 178 Å². The number of allylic oxidation sites excluding steroid dienone is 2. The lowest BCUT2D eigenvalue weighted by atomic mass is 9.67. The van der Waals surface area contributed by atoms with Crippen molar-refractivity contribution in [1.29, 1.82) is 0 Å². The molecule has 5 atom stereocenters. The number of carbonyl (C=O) groups is 3. The number of imide groups is 1. The van der Waals surface area contributed by atoms with Crippen LogP contribution in [0.1, 0.15) is 142 Å². The van der Waals surface area contributed by atoms with Gasteiger partial charge in [-0.25, -0.2) is 0 Å². The number of hydrogen-bond acceptors (Lipinski definition) is 8. The summed E-state index contributed by atoms with van der Waals surface area (Å²) >= 11 is 0. The highest BCUT2D eigenvalue weighted by Crippen LogP contribution is 2.46. The maximum atomic E-state index is 13.3. The summed E-state index contributed by atoms with van der Waals surface area (Å²) in [5.41, 5.74) is 3.77. The van der Waals surface area contributed by atoms with Gasteiger partial charge in [0.1, 0.15) is 6.04 Å². The predicted octanol–water partition coefficient (Wildman–Crippen LogP) is 5.10. The Labute approximate surface area is 325 Å². The molecular weight excluding hydrogens is 677 g/mol. The van der Waals surface area contributed by atoms with Crippen LogP contribution in [0.25, 0.3) is 0 Å². The van der Waals surface area contributed by atoms with E-state index in [9.17, 15) is 19.5 Å². The first-order valence-corrected chi connectivity index (χ1v) is 22.9. The van der Waals surface area contributed by atoms with E-state index >= 15 is 0 Å². The number of hydrogen-bond donors (Lipinski definition) is 4. The third kappa shape index (κ3) is 8.68. The van der Waals surface area contributed by atoms with Crippen LogP contribution in [-0.4, -0.2) is 113 Å². The lowest BCUT2D eigenvalue weighted by Gasteiger charge is -2.43. The summed E-state index contributed by atoms with van der Waals surface area (Å²) in [4.78, 5) is 44.6. The Morgan fingerprint density at radius 2 is 1.44 bits per heavy atom. The molecule has 3 saturated carbocycles. The number of amides is 3. The molecule has 8 rings (SSSR count). The van der Waals surface area contributed by atoms with Crippen LogP contribution in [0.2, 0.25) is 0 Å². The molecule has 5 saturated heterocycles. The first-order chi connectivity index (χ1) is 26.3. The first kappa shape index (κ1) is 39.0. The van der Waals surface area contributed by atoms with E-state index in [1.54, 1.807) is 4.90 Å². The van der Waals surface area contributed by atoms with Gasteiger partial charge in [-0.3, -0.25) is 29.9 Å². The zero-order chi connectivity index (χ0) is 37.2. The Kier molecular flexibility index (Phi) is 12.8. The van der Waals surface area contributed by atoms with E-state index in [4.69, 9.17) is 0 Å². The summed E-state index contributed by atoms with van der Waals surface area (Å²) in [5, 5.41) is 20.6. The van der Waals surface area contributed by atoms with Crippen molar-refractivity contribution in [2.24, 2.45) is 29.6 Å². The lowest BCUT2D eigenvalue weighted by molar-refractivity contribution is -0.144. The van der Waals surface area contributed by atoms with Crippen LogP contribution in [0.3, 0.4) is 0 Å². The third-order valence-electron chi connectivity index (χ3n) is 15.9. The first-order valence-electron chi connectivity index (χ1n) is 22.9. The molecular formula is C44H72N6O4. The highest BCUT2D eigenvalue weighted by molar-refractivity contribution is 6.02. The van der Waals surface area contributed by atoms with Crippen LogP contribution >= 0.6 is 0 Å². The van der Waals surface area contributed by atoms with E-state index in [-0.39, 0.29) is 42.0 Å². The van der Waals surface area contributed by atoms with Gasteiger partial charge in [-0.2, -0.15) is 0 Å². The second-order valence-electron chi connectivity index (χ2n) is 19.0. The zero-order valence-corrected chi connectivity index (χ0v) is 33.5. The van der Waals surface area contributed by atoms with E-state index in [1.165, 1.54) is 109 Å². The average Bonchev–Trinajstić information content (AvgIpc) is 3.81. The number of nitrogens with zero attached hydrogens (tertiary/aromatic N) is 3. The van der Waals surface area contributed by atoms with Crippen molar-refractivity contribution < 1.29 is 19.5 Å². The molecule has 0 radical (unpaired) electrons. The maximum absolute atomic E-state index is 13.3. The van der Waals surface area contributed by atoms with Gasteiger partial charge in [-0.05, 0) is 152 Å². The van der Waals surface area contributed by atoms with Gasteiger partial charge in [0.15, 0.2) is 0 Å². The van der Waals surface area contributed by atoms with Gasteiger partial charge in [0, 0.05) is 44.2 Å². The monoisotopic (exact) mass is 749 g/mol. The smallest absolute Gasteiger partial charge is 0.249 e. The van der Waals surface area contributed by atoms with E-state index in [0.29, 0.717) is 25.4 Å². The number of aliphatic hydroxyl groups is 1. The fourth-order valence-electron chi connectivity index (χ4n) is 12.8. The molecule has 5 heterocycles. The molecule has 0 bridgehead atoms. The Morgan fingerprint density at radius 3 is 2.15 bits per heavy atom. The Bertz CT molecular complexity index is 1340. The van der Waals surface area contributed by atoms with E-state index in [2.05, 4.69) is 32.7 Å².